The molecule has 4 nitrogen and oxygen atoms in total. The van der Waals surface area contributed by atoms with E-state index in [-0.39, 0.29) is 12.7 Å². The van der Waals surface area contributed by atoms with Crippen LogP contribution in [-0.4, -0.2) is 23.8 Å². The topological polar surface area (TPSA) is 55.8 Å². The van der Waals surface area contributed by atoms with Gasteiger partial charge in [0, 0.05) is 0 Å². The summed E-state index contributed by atoms with van der Waals surface area (Å²) in [6.07, 6.45) is -0.698. The first kappa shape index (κ1) is 13.5. The van der Waals surface area contributed by atoms with Gasteiger partial charge in [-0.15, -0.1) is 0 Å². The van der Waals surface area contributed by atoms with Gasteiger partial charge in [0.2, 0.25) is 0 Å². The van der Waals surface area contributed by atoms with Gasteiger partial charge in [0.1, 0.15) is 5.75 Å². The molecule has 4 heteroatoms. The van der Waals surface area contributed by atoms with E-state index in [4.69, 9.17) is 9.47 Å². The quantitative estimate of drug-likeness (QED) is 0.798. The zero-order chi connectivity index (χ0) is 12.8. The molecule has 1 unspecified atom stereocenters. The molecular weight excluding hydrogens is 220 g/mol. The molecule has 0 saturated carbocycles. The third kappa shape index (κ3) is 4.87. The Kier molecular flexibility index (Phi) is 4.97. The lowest BCUT2D eigenvalue weighted by molar-refractivity contribution is -0.149. The molecule has 94 valence electrons. The average molecular weight is 238 g/mol. The minimum Gasteiger partial charge on any atom is -0.482 e. The van der Waals surface area contributed by atoms with Crippen LogP contribution in [0.4, 0.5) is 0 Å². The fraction of sp³-hybridized carbons (Fsp3) is 0.462. The number of aliphatic hydroxyl groups excluding tert-OH is 1. The van der Waals surface area contributed by atoms with Crippen molar-refractivity contribution in [1.82, 2.24) is 0 Å². The normalized spacial score (nSPS) is 12.3. The van der Waals surface area contributed by atoms with E-state index in [1.165, 1.54) is 0 Å². The molecule has 0 saturated heterocycles. The summed E-state index contributed by atoms with van der Waals surface area (Å²) >= 11 is 0. The van der Waals surface area contributed by atoms with Gasteiger partial charge in [0.05, 0.1) is 12.2 Å². The highest BCUT2D eigenvalue weighted by atomic mass is 16.6. The summed E-state index contributed by atoms with van der Waals surface area (Å²) in [6, 6.07) is 7.00. The number of rotatable bonds is 5. The number of esters is 1. The van der Waals surface area contributed by atoms with Gasteiger partial charge in [-0.25, -0.2) is 4.79 Å². The van der Waals surface area contributed by atoms with Crippen LogP contribution in [0, 0.1) is 0 Å². The minimum absolute atomic E-state index is 0.124. The summed E-state index contributed by atoms with van der Waals surface area (Å²) in [5.74, 6) is 0.145. The first-order valence-electron chi connectivity index (χ1n) is 5.59. The first-order chi connectivity index (χ1) is 7.99. The molecule has 0 radical (unpaired) electrons. The van der Waals surface area contributed by atoms with E-state index in [2.05, 4.69) is 0 Å². The maximum Gasteiger partial charge on any atom is 0.344 e. The average Bonchev–Trinajstić information content (AvgIpc) is 2.26. The molecule has 0 aliphatic carbocycles. The lowest BCUT2D eigenvalue weighted by Gasteiger charge is -2.10. The Morgan fingerprint density at radius 3 is 2.65 bits per heavy atom. The van der Waals surface area contributed by atoms with Crippen LogP contribution in [0.25, 0.3) is 0 Å². The summed E-state index contributed by atoms with van der Waals surface area (Å²) in [5, 5.41) is 9.40. The van der Waals surface area contributed by atoms with E-state index in [1.54, 1.807) is 45.0 Å². The molecule has 1 N–H and O–H groups in total. The maximum absolute atomic E-state index is 11.2. The van der Waals surface area contributed by atoms with Crippen molar-refractivity contribution in [1.29, 1.82) is 0 Å². The Morgan fingerprint density at radius 2 is 2.06 bits per heavy atom. The highest BCUT2D eigenvalue weighted by molar-refractivity contribution is 5.71. The Balaban J connectivity index is 2.52. The Bertz CT molecular complexity index is 371. The highest BCUT2D eigenvalue weighted by Gasteiger charge is 2.07. The van der Waals surface area contributed by atoms with Crippen LogP contribution in [0.1, 0.15) is 32.4 Å². The molecule has 0 aliphatic heterocycles. The SMILES string of the molecule is CC(C)OC(=O)COc1cccc(C(C)O)c1. The summed E-state index contributed by atoms with van der Waals surface area (Å²) < 4.78 is 10.2. The second-order valence-corrected chi connectivity index (χ2v) is 4.08. The fourth-order valence-electron chi connectivity index (χ4n) is 1.30. The van der Waals surface area contributed by atoms with Crippen LogP contribution >= 0.6 is 0 Å². The van der Waals surface area contributed by atoms with Crippen molar-refractivity contribution in [3.63, 3.8) is 0 Å². The predicted molar refractivity (Wildman–Crippen MR) is 63.8 cm³/mol. The lowest BCUT2D eigenvalue weighted by atomic mass is 10.1. The molecule has 0 spiro atoms. The predicted octanol–water partition coefficient (Wildman–Crippen LogP) is 2.07. The van der Waals surface area contributed by atoms with Crippen LogP contribution in [0.2, 0.25) is 0 Å². The fourth-order valence-corrected chi connectivity index (χ4v) is 1.30. The van der Waals surface area contributed by atoms with Gasteiger partial charge in [-0.2, -0.15) is 0 Å². The van der Waals surface area contributed by atoms with Crippen molar-refractivity contribution in [2.24, 2.45) is 0 Å². The summed E-state index contributed by atoms with van der Waals surface area (Å²) in [7, 11) is 0. The van der Waals surface area contributed by atoms with E-state index in [1.807, 2.05) is 0 Å². The molecular formula is C13H18O4. The number of aliphatic hydroxyl groups is 1. The van der Waals surface area contributed by atoms with E-state index in [0.717, 1.165) is 5.56 Å². The maximum atomic E-state index is 11.2. The van der Waals surface area contributed by atoms with Crippen molar-refractivity contribution in [3.8, 4) is 5.75 Å². The molecule has 0 fully saturated rings. The van der Waals surface area contributed by atoms with Crippen molar-refractivity contribution >= 4 is 5.97 Å². The second kappa shape index (κ2) is 6.25. The number of carbonyl (C=O) groups excluding carboxylic acids is 1. The summed E-state index contributed by atoms with van der Waals surface area (Å²) in [4.78, 5) is 11.2. The molecule has 0 aliphatic rings. The van der Waals surface area contributed by atoms with Crippen LogP contribution in [0.3, 0.4) is 0 Å². The molecule has 0 heterocycles. The molecule has 0 aromatic heterocycles. The van der Waals surface area contributed by atoms with Crippen LogP contribution < -0.4 is 4.74 Å². The van der Waals surface area contributed by atoms with Crippen molar-refractivity contribution in [2.75, 3.05) is 6.61 Å². The number of hydrogen-bond acceptors (Lipinski definition) is 4. The van der Waals surface area contributed by atoms with Crippen molar-refractivity contribution in [3.05, 3.63) is 29.8 Å². The Hall–Kier alpha value is -1.55. The number of hydrogen-bond donors (Lipinski definition) is 1. The second-order valence-electron chi connectivity index (χ2n) is 4.08. The number of benzene rings is 1. The standard InChI is InChI=1S/C13H18O4/c1-9(2)17-13(15)8-16-12-6-4-5-11(7-12)10(3)14/h4-7,9-10,14H,8H2,1-3H3. The Morgan fingerprint density at radius 1 is 1.35 bits per heavy atom. The lowest BCUT2D eigenvalue weighted by Crippen LogP contribution is -2.18. The first-order valence-corrected chi connectivity index (χ1v) is 5.59. The molecule has 1 atom stereocenters. The van der Waals surface area contributed by atoms with E-state index in [0.29, 0.717) is 5.75 Å². The summed E-state index contributed by atoms with van der Waals surface area (Å²) in [6.45, 7) is 5.12. The van der Waals surface area contributed by atoms with Crippen molar-refractivity contribution in [2.45, 2.75) is 33.0 Å². The van der Waals surface area contributed by atoms with Gasteiger partial charge >= 0.3 is 5.97 Å². The minimum atomic E-state index is -0.554. The van der Waals surface area contributed by atoms with Crippen LogP contribution in [-0.2, 0) is 9.53 Å². The third-order valence-electron chi connectivity index (χ3n) is 2.06. The molecule has 1 aromatic carbocycles. The number of ether oxygens (including phenoxy) is 2. The smallest absolute Gasteiger partial charge is 0.344 e. The highest BCUT2D eigenvalue weighted by Crippen LogP contribution is 2.18. The zero-order valence-electron chi connectivity index (χ0n) is 10.3. The molecule has 0 amide bonds. The number of carbonyl (C=O) groups is 1. The van der Waals surface area contributed by atoms with Gasteiger partial charge in [0.25, 0.3) is 0 Å². The largest absolute Gasteiger partial charge is 0.482 e. The van der Waals surface area contributed by atoms with Gasteiger partial charge in [-0.05, 0) is 38.5 Å². The molecule has 1 aromatic rings. The molecule has 1 rings (SSSR count). The van der Waals surface area contributed by atoms with E-state index < -0.39 is 12.1 Å². The van der Waals surface area contributed by atoms with Gasteiger partial charge in [-0.3, -0.25) is 0 Å². The monoisotopic (exact) mass is 238 g/mol. The van der Waals surface area contributed by atoms with E-state index >= 15 is 0 Å². The molecule has 17 heavy (non-hydrogen) atoms. The Labute approximate surface area is 101 Å². The zero-order valence-corrected chi connectivity index (χ0v) is 10.3. The summed E-state index contributed by atoms with van der Waals surface area (Å²) in [5.41, 5.74) is 0.750. The third-order valence-corrected chi connectivity index (χ3v) is 2.06. The van der Waals surface area contributed by atoms with Crippen LogP contribution in [0.5, 0.6) is 5.75 Å². The van der Waals surface area contributed by atoms with Gasteiger partial charge in [-0.1, -0.05) is 12.1 Å². The van der Waals surface area contributed by atoms with Gasteiger partial charge < -0.3 is 14.6 Å². The molecule has 0 bridgehead atoms. The van der Waals surface area contributed by atoms with E-state index in [9.17, 15) is 9.90 Å². The van der Waals surface area contributed by atoms with Crippen LogP contribution in [0.15, 0.2) is 24.3 Å². The van der Waals surface area contributed by atoms with Crippen molar-refractivity contribution < 1.29 is 19.4 Å². The van der Waals surface area contributed by atoms with Gasteiger partial charge in [0.15, 0.2) is 6.61 Å².